The molecule has 0 radical (unpaired) electrons. The Balaban J connectivity index is 1.79. The molecule has 0 saturated heterocycles. The summed E-state index contributed by atoms with van der Waals surface area (Å²) in [5.41, 5.74) is -0.670. The van der Waals surface area contributed by atoms with Gasteiger partial charge in [0.15, 0.2) is 0 Å². The Morgan fingerprint density at radius 3 is 3.05 bits per heavy atom. The van der Waals surface area contributed by atoms with Crippen LogP contribution in [-0.4, -0.2) is 32.7 Å². The molecule has 0 atom stereocenters. The predicted octanol–water partition coefficient (Wildman–Crippen LogP) is 0.0991. The molecule has 0 aliphatic heterocycles. The van der Waals surface area contributed by atoms with Gasteiger partial charge < -0.3 is 10.4 Å². The van der Waals surface area contributed by atoms with Crippen molar-refractivity contribution in [2.24, 2.45) is 0 Å². The van der Waals surface area contributed by atoms with E-state index in [-0.39, 0.29) is 24.6 Å². The van der Waals surface area contributed by atoms with Gasteiger partial charge in [0.25, 0.3) is 5.56 Å². The molecule has 2 N–H and O–H groups in total. The third-order valence-corrected chi connectivity index (χ3v) is 4.15. The number of rotatable bonds is 4. The molecule has 100 valence electrons. The van der Waals surface area contributed by atoms with E-state index in [2.05, 4.69) is 10.3 Å². The number of carbonyl (C=O) groups excluding carboxylic acids is 1. The van der Waals surface area contributed by atoms with Crippen molar-refractivity contribution in [2.75, 3.05) is 6.61 Å². The van der Waals surface area contributed by atoms with Gasteiger partial charge in [0.2, 0.25) is 5.91 Å². The van der Waals surface area contributed by atoms with Crippen LogP contribution in [0.3, 0.4) is 0 Å². The van der Waals surface area contributed by atoms with Crippen LogP contribution in [0.2, 0.25) is 0 Å². The number of aliphatic hydroxyl groups excluding tert-OH is 1. The normalized spacial score (nSPS) is 16.5. The van der Waals surface area contributed by atoms with Gasteiger partial charge in [-0.2, -0.15) is 0 Å². The van der Waals surface area contributed by atoms with Crippen LogP contribution < -0.4 is 10.9 Å². The lowest BCUT2D eigenvalue weighted by atomic mass is 10.3. The molecule has 0 unspecified atom stereocenters. The Kier molecular flexibility index (Phi) is 2.87. The molecule has 2 aromatic rings. The number of amides is 1. The fourth-order valence-electron chi connectivity index (χ4n) is 1.97. The number of fused-ring (bicyclic) bond motifs is 1. The van der Waals surface area contributed by atoms with E-state index in [4.69, 9.17) is 5.11 Å². The molecule has 1 aliphatic carbocycles. The maximum absolute atomic E-state index is 12.1. The van der Waals surface area contributed by atoms with Gasteiger partial charge in [0.05, 0.1) is 23.9 Å². The van der Waals surface area contributed by atoms with Crippen LogP contribution >= 0.6 is 11.3 Å². The lowest BCUT2D eigenvalue weighted by Gasteiger charge is -2.14. The van der Waals surface area contributed by atoms with Crippen molar-refractivity contribution in [1.82, 2.24) is 14.9 Å². The second-order valence-corrected chi connectivity index (χ2v) is 5.70. The fraction of sp³-hybridized carbons (Fsp3) is 0.417. The van der Waals surface area contributed by atoms with E-state index >= 15 is 0 Å². The molecule has 7 heteroatoms. The maximum Gasteiger partial charge on any atom is 0.262 e. The second-order valence-electron chi connectivity index (χ2n) is 4.80. The first kappa shape index (κ1) is 12.3. The van der Waals surface area contributed by atoms with Crippen molar-refractivity contribution in [2.45, 2.75) is 24.9 Å². The Labute approximate surface area is 112 Å². The smallest absolute Gasteiger partial charge is 0.262 e. The molecular weight excluding hydrogens is 266 g/mol. The summed E-state index contributed by atoms with van der Waals surface area (Å²) in [6.07, 6.45) is 2.96. The Morgan fingerprint density at radius 1 is 1.58 bits per heavy atom. The minimum Gasteiger partial charge on any atom is -0.394 e. The topological polar surface area (TPSA) is 84.2 Å². The Morgan fingerprint density at radius 2 is 2.37 bits per heavy atom. The minimum atomic E-state index is -0.458. The molecule has 6 nitrogen and oxygen atoms in total. The summed E-state index contributed by atoms with van der Waals surface area (Å²) >= 11 is 1.39. The van der Waals surface area contributed by atoms with Gasteiger partial charge in [-0.05, 0) is 24.3 Å². The Hall–Kier alpha value is -1.73. The highest BCUT2D eigenvalue weighted by atomic mass is 32.1. The standard InChI is InChI=1S/C12H13N3O3S/c16-6-12(2-3-12)14-9(17)5-15-7-13-10-8(11(15)18)1-4-19-10/h1,4,7,16H,2-3,5-6H2,(H,14,17). The molecule has 1 saturated carbocycles. The van der Waals surface area contributed by atoms with E-state index < -0.39 is 5.54 Å². The maximum atomic E-state index is 12.1. The zero-order valence-electron chi connectivity index (χ0n) is 10.1. The van der Waals surface area contributed by atoms with Crippen LogP contribution in [0.1, 0.15) is 12.8 Å². The molecule has 19 heavy (non-hydrogen) atoms. The van der Waals surface area contributed by atoms with Crippen LogP contribution in [0.5, 0.6) is 0 Å². The molecule has 1 fully saturated rings. The molecule has 2 heterocycles. The fourth-order valence-corrected chi connectivity index (χ4v) is 2.69. The highest BCUT2D eigenvalue weighted by molar-refractivity contribution is 7.16. The first-order valence-electron chi connectivity index (χ1n) is 5.98. The number of thiophene rings is 1. The van der Waals surface area contributed by atoms with Gasteiger partial charge in [-0.25, -0.2) is 4.98 Å². The molecule has 0 spiro atoms. The predicted molar refractivity (Wildman–Crippen MR) is 71.1 cm³/mol. The van der Waals surface area contributed by atoms with Crippen molar-refractivity contribution < 1.29 is 9.90 Å². The summed E-state index contributed by atoms with van der Waals surface area (Å²) in [5, 5.41) is 14.2. The SMILES string of the molecule is O=C(Cn1cnc2sccc2c1=O)NC1(CO)CC1. The first-order chi connectivity index (χ1) is 9.13. The number of hydrogen-bond acceptors (Lipinski definition) is 5. The first-order valence-corrected chi connectivity index (χ1v) is 6.86. The molecule has 1 aliphatic rings. The van der Waals surface area contributed by atoms with E-state index in [0.29, 0.717) is 10.2 Å². The van der Waals surface area contributed by atoms with Crippen LogP contribution in [-0.2, 0) is 11.3 Å². The number of aromatic nitrogens is 2. The molecule has 0 bridgehead atoms. The third-order valence-electron chi connectivity index (χ3n) is 3.33. The van der Waals surface area contributed by atoms with Crippen LogP contribution in [0.4, 0.5) is 0 Å². The van der Waals surface area contributed by atoms with E-state index in [1.54, 1.807) is 11.4 Å². The summed E-state index contributed by atoms with van der Waals surface area (Å²) in [6, 6.07) is 1.71. The van der Waals surface area contributed by atoms with Crippen molar-refractivity contribution in [3.63, 3.8) is 0 Å². The molecule has 1 amide bonds. The van der Waals surface area contributed by atoms with Crippen LogP contribution in [0.25, 0.3) is 10.2 Å². The van der Waals surface area contributed by atoms with Gasteiger partial charge in [0.1, 0.15) is 11.4 Å². The number of carbonyl (C=O) groups is 1. The van der Waals surface area contributed by atoms with Gasteiger partial charge in [-0.1, -0.05) is 0 Å². The number of hydrogen-bond donors (Lipinski definition) is 2. The van der Waals surface area contributed by atoms with E-state index in [0.717, 1.165) is 12.8 Å². The summed E-state index contributed by atoms with van der Waals surface area (Å²) in [4.78, 5) is 28.7. The van der Waals surface area contributed by atoms with Gasteiger partial charge in [-0.3, -0.25) is 14.2 Å². The van der Waals surface area contributed by atoms with Gasteiger partial charge in [-0.15, -0.1) is 11.3 Å². The van der Waals surface area contributed by atoms with Crippen molar-refractivity contribution in [3.8, 4) is 0 Å². The van der Waals surface area contributed by atoms with Crippen molar-refractivity contribution >= 4 is 27.5 Å². The molecular formula is C12H13N3O3S. The minimum absolute atomic E-state index is 0.0601. The van der Waals surface area contributed by atoms with Crippen LogP contribution in [0, 0.1) is 0 Å². The zero-order chi connectivity index (χ0) is 13.5. The highest BCUT2D eigenvalue weighted by Gasteiger charge is 2.43. The van der Waals surface area contributed by atoms with Crippen LogP contribution in [0.15, 0.2) is 22.6 Å². The zero-order valence-corrected chi connectivity index (χ0v) is 10.9. The molecule has 3 rings (SSSR count). The monoisotopic (exact) mass is 279 g/mol. The summed E-state index contributed by atoms with van der Waals surface area (Å²) < 4.78 is 1.29. The summed E-state index contributed by atoms with van der Waals surface area (Å²) in [7, 11) is 0. The average Bonchev–Trinajstić information content (AvgIpc) is 2.99. The van der Waals surface area contributed by atoms with Gasteiger partial charge >= 0.3 is 0 Å². The molecule has 2 aromatic heterocycles. The van der Waals surface area contributed by atoms with E-state index in [9.17, 15) is 9.59 Å². The second kappa shape index (κ2) is 4.43. The number of nitrogens with zero attached hydrogens (tertiary/aromatic N) is 2. The quantitative estimate of drug-likeness (QED) is 0.831. The van der Waals surface area contributed by atoms with E-state index in [1.165, 1.54) is 22.2 Å². The largest absolute Gasteiger partial charge is 0.394 e. The summed E-state index contributed by atoms with van der Waals surface area (Å²) in [5.74, 6) is -0.273. The van der Waals surface area contributed by atoms with Gasteiger partial charge in [0, 0.05) is 0 Å². The Bertz CT molecular complexity index is 687. The van der Waals surface area contributed by atoms with Crippen molar-refractivity contribution in [1.29, 1.82) is 0 Å². The average molecular weight is 279 g/mol. The van der Waals surface area contributed by atoms with E-state index in [1.807, 2.05) is 0 Å². The molecule has 0 aromatic carbocycles. The number of nitrogens with one attached hydrogen (secondary N) is 1. The highest BCUT2D eigenvalue weighted by Crippen LogP contribution is 2.34. The summed E-state index contributed by atoms with van der Waals surface area (Å²) in [6.45, 7) is -0.130. The lowest BCUT2D eigenvalue weighted by Crippen LogP contribution is -2.42. The number of aliphatic hydroxyl groups is 1. The lowest BCUT2D eigenvalue weighted by molar-refractivity contribution is -0.123. The van der Waals surface area contributed by atoms with Crippen molar-refractivity contribution in [3.05, 3.63) is 28.1 Å². The third kappa shape index (κ3) is 2.26.